The molecular weight excluding hydrogens is 362 g/mol. The number of carbonyl (C=O) groups excluding carboxylic acids is 1. The molecule has 1 saturated heterocycles. The van der Waals surface area contributed by atoms with Gasteiger partial charge < -0.3 is 19.1 Å². The van der Waals surface area contributed by atoms with Crippen LogP contribution in [0.5, 0.6) is 17.2 Å². The first kappa shape index (κ1) is 19.4. The monoisotopic (exact) mass is 387 g/mol. The maximum atomic E-state index is 12.4. The highest BCUT2D eigenvalue weighted by Crippen LogP contribution is 2.39. The molecule has 0 spiro atoms. The molecule has 0 saturated carbocycles. The van der Waals surface area contributed by atoms with Crippen molar-refractivity contribution in [3.8, 4) is 17.2 Å². The highest BCUT2D eigenvalue weighted by atomic mass is 32.2. The van der Waals surface area contributed by atoms with Crippen molar-refractivity contribution in [1.29, 1.82) is 0 Å². The summed E-state index contributed by atoms with van der Waals surface area (Å²) in [6, 6.07) is 13.9. The molecule has 1 heterocycles. The first-order valence-electron chi connectivity index (χ1n) is 9.01. The fraction of sp³-hybridized carbons (Fsp3) is 0.381. The third-order valence-corrected chi connectivity index (χ3v) is 5.79. The number of hydrogen-bond donors (Lipinski definition) is 0. The Morgan fingerprint density at radius 1 is 1.07 bits per heavy atom. The minimum absolute atomic E-state index is 0.0494. The van der Waals surface area contributed by atoms with Crippen molar-refractivity contribution in [3.63, 3.8) is 0 Å². The highest BCUT2D eigenvalue weighted by Gasteiger charge is 2.32. The summed E-state index contributed by atoms with van der Waals surface area (Å²) < 4.78 is 16.2. The van der Waals surface area contributed by atoms with Gasteiger partial charge in [-0.2, -0.15) is 0 Å². The standard InChI is InChI=1S/C21H25NO4S/c1-4-26-17-8-6-16(7-9-17)21-22(20(23)14-27-21)12-11-15-5-10-18(24-2)19(13-15)25-3/h5-10,13,21H,4,11-12,14H2,1-3H3. The first-order valence-corrected chi connectivity index (χ1v) is 10.1. The Hall–Kier alpha value is -2.34. The number of benzene rings is 2. The van der Waals surface area contributed by atoms with Gasteiger partial charge in [-0.1, -0.05) is 18.2 Å². The SMILES string of the molecule is CCOc1ccc(C2SCC(=O)N2CCc2ccc(OC)c(OC)c2)cc1. The van der Waals surface area contributed by atoms with Crippen LogP contribution in [0.2, 0.25) is 0 Å². The molecule has 6 heteroatoms. The molecule has 0 N–H and O–H groups in total. The molecule has 0 bridgehead atoms. The van der Waals surface area contributed by atoms with Crippen LogP contribution in [0.25, 0.3) is 0 Å². The predicted octanol–water partition coefficient (Wildman–Crippen LogP) is 3.92. The van der Waals surface area contributed by atoms with E-state index in [1.807, 2.05) is 54.3 Å². The number of methoxy groups -OCH3 is 2. The lowest BCUT2D eigenvalue weighted by molar-refractivity contribution is -0.128. The zero-order valence-corrected chi connectivity index (χ0v) is 16.8. The molecule has 5 nitrogen and oxygen atoms in total. The molecule has 144 valence electrons. The van der Waals surface area contributed by atoms with Crippen LogP contribution >= 0.6 is 11.8 Å². The average Bonchev–Trinajstić information content (AvgIpc) is 3.07. The number of ether oxygens (including phenoxy) is 3. The van der Waals surface area contributed by atoms with Crippen molar-refractivity contribution in [1.82, 2.24) is 4.90 Å². The number of nitrogens with zero attached hydrogens (tertiary/aromatic N) is 1. The molecular formula is C21H25NO4S. The first-order chi connectivity index (χ1) is 13.2. The van der Waals surface area contributed by atoms with Crippen LogP contribution in [0, 0.1) is 0 Å². The maximum absolute atomic E-state index is 12.4. The maximum Gasteiger partial charge on any atom is 0.233 e. The fourth-order valence-corrected chi connectivity index (χ4v) is 4.37. The lowest BCUT2D eigenvalue weighted by Crippen LogP contribution is -2.30. The quantitative estimate of drug-likeness (QED) is 0.687. The van der Waals surface area contributed by atoms with Gasteiger partial charge in [0.2, 0.25) is 5.91 Å². The minimum atomic E-state index is 0.0494. The Bertz CT molecular complexity index is 778. The molecule has 0 radical (unpaired) electrons. The normalized spacial score (nSPS) is 16.5. The van der Waals surface area contributed by atoms with Crippen molar-refractivity contribution in [2.45, 2.75) is 18.7 Å². The lowest BCUT2D eigenvalue weighted by Gasteiger charge is -2.24. The van der Waals surface area contributed by atoms with Crippen molar-refractivity contribution in [2.75, 3.05) is 33.1 Å². The number of amides is 1. The third kappa shape index (κ3) is 4.50. The van der Waals surface area contributed by atoms with Gasteiger partial charge in [0.25, 0.3) is 0 Å². The number of rotatable bonds is 8. The molecule has 1 aliphatic heterocycles. The van der Waals surface area contributed by atoms with Gasteiger partial charge in [-0.05, 0) is 48.7 Å². The Morgan fingerprint density at radius 2 is 1.81 bits per heavy atom. The molecule has 27 heavy (non-hydrogen) atoms. The molecule has 1 unspecified atom stereocenters. The summed E-state index contributed by atoms with van der Waals surface area (Å²) in [4.78, 5) is 14.4. The van der Waals surface area contributed by atoms with Crippen molar-refractivity contribution in [3.05, 3.63) is 53.6 Å². The average molecular weight is 388 g/mol. The lowest BCUT2D eigenvalue weighted by atomic mass is 10.1. The van der Waals surface area contributed by atoms with Crippen LogP contribution in [-0.2, 0) is 11.2 Å². The summed E-state index contributed by atoms with van der Waals surface area (Å²) in [7, 11) is 3.25. The largest absolute Gasteiger partial charge is 0.494 e. The predicted molar refractivity (Wildman–Crippen MR) is 108 cm³/mol. The third-order valence-electron chi connectivity index (χ3n) is 4.53. The molecule has 3 rings (SSSR count). The van der Waals surface area contributed by atoms with Gasteiger partial charge in [-0.15, -0.1) is 11.8 Å². The van der Waals surface area contributed by atoms with Crippen LogP contribution in [0.3, 0.4) is 0 Å². The van der Waals surface area contributed by atoms with Crippen LogP contribution in [0.15, 0.2) is 42.5 Å². The van der Waals surface area contributed by atoms with E-state index in [0.29, 0.717) is 30.4 Å². The molecule has 2 aromatic carbocycles. The molecule has 0 aliphatic carbocycles. The van der Waals surface area contributed by atoms with Crippen molar-refractivity contribution in [2.24, 2.45) is 0 Å². The van der Waals surface area contributed by atoms with E-state index in [-0.39, 0.29) is 11.3 Å². The van der Waals surface area contributed by atoms with Gasteiger partial charge in [-0.3, -0.25) is 4.79 Å². The molecule has 1 amide bonds. The Labute approximate surface area is 164 Å². The second-order valence-corrected chi connectivity index (χ2v) is 7.26. The van der Waals surface area contributed by atoms with Gasteiger partial charge in [0.15, 0.2) is 11.5 Å². The molecule has 2 aromatic rings. The molecule has 1 atom stereocenters. The van der Waals surface area contributed by atoms with Gasteiger partial charge in [0.05, 0.1) is 26.6 Å². The van der Waals surface area contributed by atoms with E-state index in [2.05, 4.69) is 0 Å². The zero-order valence-electron chi connectivity index (χ0n) is 15.9. The fourth-order valence-electron chi connectivity index (χ4n) is 3.15. The van der Waals surface area contributed by atoms with Crippen LogP contribution in [-0.4, -0.2) is 43.9 Å². The summed E-state index contributed by atoms with van der Waals surface area (Å²) in [6.45, 7) is 3.28. The second kappa shape index (κ2) is 9.04. The van der Waals surface area contributed by atoms with Crippen LogP contribution < -0.4 is 14.2 Å². The number of thioether (sulfide) groups is 1. The molecule has 0 aromatic heterocycles. The summed E-state index contributed by atoms with van der Waals surface area (Å²) in [6.07, 6.45) is 0.764. The highest BCUT2D eigenvalue weighted by molar-refractivity contribution is 8.00. The van der Waals surface area contributed by atoms with Gasteiger partial charge in [0.1, 0.15) is 11.1 Å². The van der Waals surface area contributed by atoms with E-state index in [9.17, 15) is 4.79 Å². The summed E-state index contributed by atoms with van der Waals surface area (Å²) in [5.41, 5.74) is 2.24. The number of hydrogen-bond acceptors (Lipinski definition) is 5. The minimum Gasteiger partial charge on any atom is -0.494 e. The van der Waals surface area contributed by atoms with E-state index >= 15 is 0 Å². The van der Waals surface area contributed by atoms with E-state index in [4.69, 9.17) is 14.2 Å². The summed E-state index contributed by atoms with van der Waals surface area (Å²) in [5.74, 6) is 2.97. The van der Waals surface area contributed by atoms with E-state index in [1.165, 1.54) is 0 Å². The van der Waals surface area contributed by atoms with Gasteiger partial charge in [0, 0.05) is 6.54 Å². The Kier molecular flexibility index (Phi) is 6.50. The van der Waals surface area contributed by atoms with Gasteiger partial charge in [-0.25, -0.2) is 0 Å². The summed E-state index contributed by atoms with van der Waals surface area (Å²) in [5, 5.41) is 0.0494. The summed E-state index contributed by atoms with van der Waals surface area (Å²) >= 11 is 1.67. The second-order valence-electron chi connectivity index (χ2n) is 6.19. The van der Waals surface area contributed by atoms with E-state index < -0.39 is 0 Å². The molecule has 1 aliphatic rings. The van der Waals surface area contributed by atoms with Crippen molar-refractivity contribution >= 4 is 17.7 Å². The van der Waals surface area contributed by atoms with Crippen LogP contribution in [0.1, 0.15) is 23.4 Å². The molecule has 1 fully saturated rings. The van der Waals surface area contributed by atoms with E-state index in [1.54, 1.807) is 26.0 Å². The van der Waals surface area contributed by atoms with Gasteiger partial charge >= 0.3 is 0 Å². The Morgan fingerprint density at radius 3 is 2.48 bits per heavy atom. The smallest absolute Gasteiger partial charge is 0.233 e. The Balaban J connectivity index is 1.70. The zero-order chi connectivity index (χ0) is 19.2. The topological polar surface area (TPSA) is 48.0 Å². The van der Waals surface area contributed by atoms with Crippen molar-refractivity contribution < 1.29 is 19.0 Å². The number of carbonyl (C=O) groups is 1. The van der Waals surface area contributed by atoms with E-state index in [0.717, 1.165) is 23.3 Å². The van der Waals surface area contributed by atoms with Crippen LogP contribution in [0.4, 0.5) is 0 Å².